The summed E-state index contributed by atoms with van der Waals surface area (Å²) < 4.78 is 19.0. The zero-order valence-corrected chi connectivity index (χ0v) is 18.2. The van der Waals surface area contributed by atoms with Gasteiger partial charge in [-0.3, -0.25) is 9.59 Å². The molecule has 0 atom stereocenters. The molecule has 0 saturated heterocycles. The lowest BCUT2D eigenvalue weighted by molar-refractivity contribution is -0.143. The highest BCUT2D eigenvalue weighted by Gasteiger charge is 2.19. The van der Waals surface area contributed by atoms with Crippen molar-refractivity contribution in [1.29, 1.82) is 0 Å². The Kier molecular flexibility index (Phi) is 6.10. The van der Waals surface area contributed by atoms with Gasteiger partial charge in [-0.2, -0.15) is 4.99 Å². The fourth-order valence-corrected chi connectivity index (χ4v) is 4.78. The summed E-state index contributed by atoms with van der Waals surface area (Å²) in [6.45, 7) is 2.92. The Morgan fingerprint density at radius 1 is 1.20 bits per heavy atom. The van der Waals surface area contributed by atoms with Crippen LogP contribution in [0.3, 0.4) is 0 Å². The topological polar surface area (TPSA) is 79.1 Å². The highest BCUT2D eigenvalue weighted by atomic mass is 32.2. The summed E-state index contributed by atoms with van der Waals surface area (Å²) in [5, 5.41) is 0. The van der Waals surface area contributed by atoms with E-state index in [1.54, 1.807) is 17.6 Å². The molecule has 2 aromatic carbocycles. The maximum absolute atomic E-state index is 12.9. The van der Waals surface area contributed by atoms with Gasteiger partial charge in [0.2, 0.25) is 0 Å². The molecule has 0 aliphatic carbocycles. The first-order valence-corrected chi connectivity index (χ1v) is 11.5. The first-order valence-electron chi connectivity index (χ1n) is 9.41. The van der Waals surface area contributed by atoms with E-state index < -0.39 is 5.97 Å². The number of fused-ring (bicyclic) bond motifs is 2. The van der Waals surface area contributed by atoms with Crippen LogP contribution in [0.1, 0.15) is 17.3 Å². The molecular weight excluding hydrogens is 424 g/mol. The van der Waals surface area contributed by atoms with Crippen molar-refractivity contribution in [3.05, 3.63) is 46.8 Å². The molecule has 1 aliphatic rings. The van der Waals surface area contributed by atoms with E-state index in [1.165, 1.54) is 23.1 Å². The monoisotopic (exact) mass is 444 g/mol. The number of amides is 1. The fraction of sp³-hybridized carbons (Fsp3) is 0.286. The Morgan fingerprint density at radius 2 is 1.93 bits per heavy atom. The normalized spacial score (nSPS) is 13.5. The van der Waals surface area contributed by atoms with E-state index in [0.29, 0.717) is 35.1 Å². The zero-order chi connectivity index (χ0) is 21.1. The van der Waals surface area contributed by atoms with Gasteiger partial charge in [-0.15, -0.1) is 11.8 Å². The second-order valence-corrected chi connectivity index (χ2v) is 8.21. The Morgan fingerprint density at radius 3 is 2.67 bits per heavy atom. The molecule has 0 bridgehead atoms. The molecule has 2 heterocycles. The summed E-state index contributed by atoms with van der Waals surface area (Å²) in [4.78, 5) is 30.8. The summed E-state index contributed by atoms with van der Waals surface area (Å²) in [5.74, 6) is 0.491. The van der Waals surface area contributed by atoms with Crippen LogP contribution in [0, 0.1) is 0 Å². The van der Waals surface area contributed by atoms with Gasteiger partial charge >= 0.3 is 5.97 Å². The number of hydrogen-bond donors (Lipinski definition) is 0. The van der Waals surface area contributed by atoms with E-state index in [9.17, 15) is 9.59 Å². The minimum Gasteiger partial charge on any atom is -0.486 e. The standard InChI is InChI=1S/C21H20N2O5S2/c1-3-26-19(24)12-23-14-10-15-16(28-9-8-27-15)11-18(14)30-21(23)22-20(25)13-6-4-5-7-17(13)29-2/h4-7,10-11H,3,8-9,12H2,1-2H3. The van der Waals surface area contributed by atoms with Crippen LogP contribution in [0.2, 0.25) is 0 Å². The van der Waals surface area contributed by atoms with E-state index >= 15 is 0 Å². The predicted molar refractivity (Wildman–Crippen MR) is 116 cm³/mol. The van der Waals surface area contributed by atoms with Crippen LogP contribution in [0.25, 0.3) is 10.2 Å². The van der Waals surface area contributed by atoms with Crippen molar-refractivity contribution in [1.82, 2.24) is 4.57 Å². The number of ether oxygens (including phenoxy) is 3. The van der Waals surface area contributed by atoms with Gasteiger partial charge < -0.3 is 18.8 Å². The van der Waals surface area contributed by atoms with Gasteiger partial charge in [-0.25, -0.2) is 0 Å². The third kappa shape index (κ3) is 4.08. The number of esters is 1. The van der Waals surface area contributed by atoms with Crippen LogP contribution in [0.15, 0.2) is 46.3 Å². The largest absolute Gasteiger partial charge is 0.486 e. The van der Waals surface area contributed by atoms with Crippen molar-refractivity contribution in [2.75, 3.05) is 26.1 Å². The Hall–Kier alpha value is -2.78. The summed E-state index contributed by atoms with van der Waals surface area (Å²) in [6.07, 6.45) is 1.91. The van der Waals surface area contributed by atoms with E-state index in [2.05, 4.69) is 4.99 Å². The minimum absolute atomic E-state index is 0.0518. The van der Waals surface area contributed by atoms with Crippen LogP contribution in [-0.4, -0.2) is 42.5 Å². The molecule has 30 heavy (non-hydrogen) atoms. The average Bonchev–Trinajstić information content (AvgIpc) is 3.07. The highest BCUT2D eigenvalue weighted by Crippen LogP contribution is 2.35. The number of benzene rings is 2. The molecule has 7 nitrogen and oxygen atoms in total. The molecule has 1 aliphatic heterocycles. The maximum Gasteiger partial charge on any atom is 0.326 e. The maximum atomic E-state index is 12.9. The Labute approximate surface area is 181 Å². The van der Waals surface area contributed by atoms with Crippen molar-refractivity contribution in [2.24, 2.45) is 4.99 Å². The lowest BCUT2D eigenvalue weighted by atomic mass is 10.2. The summed E-state index contributed by atoms with van der Waals surface area (Å²) in [5.41, 5.74) is 1.26. The molecule has 0 saturated carbocycles. The second kappa shape index (κ2) is 8.93. The summed E-state index contributed by atoms with van der Waals surface area (Å²) in [6, 6.07) is 11.0. The molecule has 0 fully saturated rings. The van der Waals surface area contributed by atoms with E-state index in [1.807, 2.05) is 36.6 Å². The molecule has 0 spiro atoms. The van der Waals surface area contributed by atoms with E-state index in [4.69, 9.17) is 14.2 Å². The van der Waals surface area contributed by atoms with Crippen LogP contribution in [0.5, 0.6) is 11.5 Å². The quantitative estimate of drug-likeness (QED) is 0.443. The molecular formula is C21H20N2O5S2. The molecule has 0 unspecified atom stereocenters. The number of carbonyl (C=O) groups is 2. The van der Waals surface area contributed by atoms with Crippen molar-refractivity contribution in [2.45, 2.75) is 18.4 Å². The Bertz CT molecular complexity index is 1180. The van der Waals surface area contributed by atoms with Gasteiger partial charge in [-0.1, -0.05) is 23.5 Å². The Balaban J connectivity index is 1.85. The lowest BCUT2D eigenvalue weighted by Gasteiger charge is -2.18. The van der Waals surface area contributed by atoms with Crippen molar-refractivity contribution < 1.29 is 23.8 Å². The van der Waals surface area contributed by atoms with Gasteiger partial charge in [0.1, 0.15) is 19.8 Å². The van der Waals surface area contributed by atoms with Gasteiger partial charge in [0.25, 0.3) is 5.91 Å². The number of aromatic nitrogens is 1. The third-order valence-corrected chi connectivity index (χ3v) is 6.31. The fourth-order valence-electron chi connectivity index (χ4n) is 3.15. The number of nitrogens with zero attached hydrogens (tertiary/aromatic N) is 2. The van der Waals surface area contributed by atoms with Gasteiger partial charge in [0.05, 0.1) is 22.4 Å². The van der Waals surface area contributed by atoms with Crippen molar-refractivity contribution in [3.63, 3.8) is 0 Å². The summed E-state index contributed by atoms with van der Waals surface area (Å²) in [7, 11) is 0. The van der Waals surface area contributed by atoms with Gasteiger partial charge in [0, 0.05) is 17.0 Å². The SMILES string of the molecule is CCOC(=O)Cn1c(=NC(=O)c2ccccc2SC)sc2cc3c(cc21)OCCO3. The van der Waals surface area contributed by atoms with Crippen molar-refractivity contribution >= 4 is 45.2 Å². The molecule has 4 rings (SSSR count). The van der Waals surface area contributed by atoms with E-state index in [-0.39, 0.29) is 19.1 Å². The number of hydrogen-bond acceptors (Lipinski definition) is 7. The number of thioether (sulfide) groups is 1. The van der Waals surface area contributed by atoms with Crippen molar-refractivity contribution in [3.8, 4) is 11.5 Å². The first-order chi connectivity index (χ1) is 14.6. The lowest BCUT2D eigenvalue weighted by Crippen LogP contribution is -2.23. The van der Waals surface area contributed by atoms with Crippen LogP contribution < -0.4 is 14.3 Å². The predicted octanol–water partition coefficient (Wildman–Crippen LogP) is 3.50. The van der Waals surface area contributed by atoms with Crippen LogP contribution in [-0.2, 0) is 16.1 Å². The highest BCUT2D eigenvalue weighted by molar-refractivity contribution is 7.98. The molecule has 9 heteroatoms. The first kappa shape index (κ1) is 20.5. The molecule has 156 valence electrons. The number of rotatable bonds is 5. The number of carbonyl (C=O) groups excluding carboxylic acids is 2. The smallest absolute Gasteiger partial charge is 0.326 e. The molecule has 1 aromatic heterocycles. The molecule has 0 radical (unpaired) electrons. The van der Waals surface area contributed by atoms with Gasteiger partial charge in [0.15, 0.2) is 16.3 Å². The average molecular weight is 445 g/mol. The van der Waals surface area contributed by atoms with E-state index in [0.717, 1.165) is 15.1 Å². The molecule has 0 N–H and O–H groups in total. The van der Waals surface area contributed by atoms with Crippen LogP contribution in [0.4, 0.5) is 0 Å². The van der Waals surface area contributed by atoms with Gasteiger partial charge in [-0.05, 0) is 25.3 Å². The number of thiazole rings is 1. The minimum atomic E-state index is -0.398. The summed E-state index contributed by atoms with van der Waals surface area (Å²) >= 11 is 2.80. The second-order valence-electron chi connectivity index (χ2n) is 6.36. The zero-order valence-electron chi connectivity index (χ0n) is 16.5. The third-order valence-electron chi connectivity index (χ3n) is 4.47. The molecule has 3 aromatic rings. The van der Waals surface area contributed by atoms with Crippen LogP contribution >= 0.6 is 23.1 Å². The molecule has 1 amide bonds.